The zero-order valence-corrected chi connectivity index (χ0v) is 19.8. The Morgan fingerprint density at radius 2 is 2.00 bits per heavy atom. The predicted octanol–water partition coefficient (Wildman–Crippen LogP) is 4.68. The maximum absolute atomic E-state index is 12.2. The van der Waals surface area contributed by atoms with Crippen LogP contribution in [-0.4, -0.2) is 51.7 Å². The van der Waals surface area contributed by atoms with Crippen molar-refractivity contribution in [2.45, 2.75) is 75.5 Å². The summed E-state index contributed by atoms with van der Waals surface area (Å²) in [7, 11) is 1.93. The van der Waals surface area contributed by atoms with Gasteiger partial charge < -0.3 is 15.2 Å². The van der Waals surface area contributed by atoms with Gasteiger partial charge in [-0.25, -0.2) is 4.98 Å². The molecule has 1 aliphatic heterocycles. The highest BCUT2D eigenvalue weighted by molar-refractivity contribution is 5.76. The number of anilines is 1. The van der Waals surface area contributed by atoms with Crippen molar-refractivity contribution in [3.05, 3.63) is 65.3 Å². The van der Waals surface area contributed by atoms with Gasteiger partial charge in [-0.15, -0.1) is 0 Å². The van der Waals surface area contributed by atoms with Gasteiger partial charge in [0.25, 0.3) is 0 Å². The van der Waals surface area contributed by atoms with Crippen LogP contribution in [0.2, 0.25) is 0 Å². The fourth-order valence-corrected chi connectivity index (χ4v) is 5.09. The Morgan fingerprint density at radius 1 is 1.21 bits per heavy atom. The molecule has 7 nitrogen and oxygen atoms in total. The van der Waals surface area contributed by atoms with Gasteiger partial charge in [0.05, 0.1) is 6.10 Å². The average molecular weight is 463 g/mol. The normalized spacial score (nSPS) is 22.4. The summed E-state index contributed by atoms with van der Waals surface area (Å²) in [5.41, 5.74) is 4.32. The molecule has 2 aromatic heterocycles. The van der Waals surface area contributed by atoms with Crippen molar-refractivity contribution in [3.8, 4) is 0 Å². The van der Waals surface area contributed by atoms with Crippen LogP contribution in [0, 0.1) is 0 Å². The number of carbonyl (C=O) groups is 1. The lowest BCUT2D eigenvalue weighted by Gasteiger charge is -2.43. The zero-order chi connectivity index (χ0) is 23.5. The van der Waals surface area contributed by atoms with Crippen LogP contribution in [0.15, 0.2) is 48.4 Å². The third-order valence-electron chi connectivity index (χ3n) is 7.35. The molecule has 0 amide bonds. The number of rotatable bonds is 11. The molecule has 180 valence electrons. The van der Waals surface area contributed by atoms with E-state index in [-0.39, 0.29) is 12.1 Å². The number of nitrogens with one attached hydrogen (secondary N) is 1. The molecule has 0 radical (unpaired) electrons. The molecule has 3 aliphatic rings. The third-order valence-corrected chi connectivity index (χ3v) is 7.35. The maximum atomic E-state index is 12.2. The Balaban J connectivity index is 1.04. The SMILES string of the molecule is CN(C1CC(OCCCCC2=CCc3cccnc3N2)C1)C(C(=O)O)c1cccnc1C1CC1. The van der Waals surface area contributed by atoms with Crippen molar-refractivity contribution >= 4 is 11.8 Å². The van der Waals surface area contributed by atoms with Crippen molar-refractivity contribution in [3.63, 3.8) is 0 Å². The van der Waals surface area contributed by atoms with Crippen molar-refractivity contribution in [1.29, 1.82) is 0 Å². The second kappa shape index (κ2) is 10.2. The number of carboxylic acids is 1. The topological polar surface area (TPSA) is 87.6 Å². The fraction of sp³-hybridized carbons (Fsp3) is 0.519. The van der Waals surface area contributed by atoms with E-state index in [9.17, 15) is 9.90 Å². The van der Waals surface area contributed by atoms with Crippen LogP contribution in [0.25, 0.3) is 0 Å². The number of fused-ring (bicyclic) bond motifs is 1. The number of hydrogen-bond donors (Lipinski definition) is 2. The predicted molar refractivity (Wildman–Crippen MR) is 131 cm³/mol. The Labute approximate surface area is 201 Å². The molecular weight excluding hydrogens is 428 g/mol. The first-order chi connectivity index (χ1) is 16.6. The molecule has 3 heterocycles. The molecule has 0 spiro atoms. The molecule has 2 fully saturated rings. The summed E-state index contributed by atoms with van der Waals surface area (Å²) in [5.74, 6) is 0.607. The number of likely N-dealkylation sites (N-methyl/N-ethyl adjacent to an activating group) is 1. The molecule has 5 rings (SSSR count). The molecule has 1 unspecified atom stereocenters. The number of hydrogen-bond acceptors (Lipinski definition) is 6. The molecule has 0 aromatic carbocycles. The van der Waals surface area contributed by atoms with Crippen LogP contribution in [0.4, 0.5) is 5.82 Å². The molecule has 1 atom stereocenters. The quantitative estimate of drug-likeness (QED) is 0.469. The van der Waals surface area contributed by atoms with Crippen molar-refractivity contribution in [2.24, 2.45) is 0 Å². The van der Waals surface area contributed by atoms with E-state index in [1.807, 2.05) is 36.3 Å². The molecule has 34 heavy (non-hydrogen) atoms. The van der Waals surface area contributed by atoms with E-state index < -0.39 is 12.0 Å². The number of pyridine rings is 2. The summed E-state index contributed by atoms with van der Waals surface area (Å²) in [6, 6.07) is 7.46. The van der Waals surface area contributed by atoms with Gasteiger partial charge in [-0.1, -0.05) is 18.2 Å². The lowest BCUT2D eigenvalue weighted by molar-refractivity contribution is -0.146. The highest BCUT2D eigenvalue weighted by Crippen LogP contribution is 2.43. The summed E-state index contributed by atoms with van der Waals surface area (Å²) in [5, 5.41) is 13.4. The largest absolute Gasteiger partial charge is 0.480 e. The molecular formula is C27H34N4O3. The van der Waals surface area contributed by atoms with Gasteiger partial charge in [-0.2, -0.15) is 0 Å². The van der Waals surface area contributed by atoms with E-state index >= 15 is 0 Å². The summed E-state index contributed by atoms with van der Waals surface area (Å²) in [4.78, 5) is 23.1. The minimum absolute atomic E-state index is 0.224. The van der Waals surface area contributed by atoms with Gasteiger partial charge in [0.15, 0.2) is 0 Å². The molecule has 2 aromatic rings. The molecule has 2 N–H and O–H groups in total. The standard InChI is InChI=1S/C27H34N4O3/c1-31(25(27(32)33)23-8-5-13-28-24(23)18-9-10-18)21-16-22(17-21)34-15-3-2-7-20-12-11-19-6-4-14-29-26(19)30-20/h4-6,8,12-14,18,21-22,25H,2-3,7,9-11,15-17H2,1H3,(H,29,30)(H,32,33). The molecule has 0 bridgehead atoms. The summed E-state index contributed by atoms with van der Waals surface area (Å²) in [6.07, 6.45) is 14.1. The van der Waals surface area contributed by atoms with Crippen LogP contribution in [0.5, 0.6) is 0 Å². The second-order valence-corrected chi connectivity index (χ2v) is 9.80. The minimum Gasteiger partial charge on any atom is -0.480 e. The summed E-state index contributed by atoms with van der Waals surface area (Å²) >= 11 is 0. The van der Waals surface area contributed by atoms with E-state index in [1.165, 1.54) is 11.3 Å². The second-order valence-electron chi connectivity index (χ2n) is 9.80. The first-order valence-electron chi connectivity index (χ1n) is 12.5. The minimum atomic E-state index is -0.801. The molecule has 7 heteroatoms. The molecule has 2 aliphatic carbocycles. The summed E-state index contributed by atoms with van der Waals surface area (Å²) < 4.78 is 6.08. The number of allylic oxidation sites excluding steroid dienone is 2. The third kappa shape index (κ3) is 5.15. The maximum Gasteiger partial charge on any atom is 0.325 e. The van der Waals surface area contributed by atoms with E-state index in [1.54, 1.807) is 6.20 Å². The number of carboxylic acid groups (broad SMARTS) is 1. The van der Waals surface area contributed by atoms with E-state index in [2.05, 4.69) is 27.4 Å². The average Bonchev–Trinajstić information content (AvgIpc) is 3.65. The van der Waals surface area contributed by atoms with Gasteiger partial charge in [0.1, 0.15) is 11.9 Å². The van der Waals surface area contributed by atoms with Gasteiger partial charge in [0.2, 0.25) is 0 Å². The first kappa shape index (κ1) is 23.0. The lowest BCUT2D eigenvalue weighted by atomic mass is 9.86. The van der Waals surface area contributed by atoms with Crippen molar-refractivity contribution in [1.82, 2.24) is 14.9 Å². The zero-order valence-electron chi connectivity index (χ0n) is 19.8. The van der Waals surface area contributed by atoms with Crippen molar-refractivity contribution in [2.75, 3.05) is 19.0 Å². The van der Waals surface area contributed by atoms with Crippen molar-refractivity contribution < 1.29 is 14.6 Å². The summed E-state index contributed by atoms with van der Waals surface area (Å²) in [6.45, 7) is 0.750. The number of aromatic nitrogens is 2. The van der Waals surface area contributed by atoms with E-state index in [4.69, 9.17) is 4.74 Å². The van der Waals surface area contributed by atoms with Crippen LogP contribution >= 0.6 is 0 Å². The number of nitrogens with zero attached hydrogens (tertiary/aromatic N) is 3. The van der Waals surface area contributed by atoms with Crippen LogP contribution in [0.3, 0.4) is 0 Å². The molecule has 0 saturated heterocycles. The highest BCUT2D eigenvalue weighted by Gasteiger charge is 2.40. The Kier molecular flexibility index (Phi) is 6.92. The Bertz CT molecular complexity index is 1050. The van der Waals surface area contributed by atoms with E-state index in [0.717, 1.165) is 75.0 Å². The Morgan fingerprint density at radius 3 is 2.79 bits per heavy atom. The first-order valence-corrected chi connectivity index (χ1v) is 12.5. The van der Waals surface area contributed by atoms with E-state index in [0.29, 0.717) is 5.92 Å². The number of ether oxygens (including phenoxy) is 1. The number of aliphatic carboxylic acids is 1. The lowest BCUT2D eigenvalue weighted by Crippen LogP contribution is -2.49. The Hall–Kier alpha value is -2.77. The van der Waals surface area contributed by atoms with Gasteiger partial charge in [-0.3, -0.25) is 14.7 Å². The van der Waals surface area contributed by atoms with Crippen LogP contribution in [0.1, 0.15) is 73.7 Å². The highest BCUT2D eigenvalue weighted by atomic mass is 16.5. The number of unbranched alkanes of at least 4 members (excludes halogenated alkanes) is 1. The monoisotopic (exact) mass is 462 g/mol. The fourth-order valence-electron chi connectivity index (χ4n) is 5.09. The molecule has 2 saturated carbocycles. The smallest absolute Gasteiger partial charge is 0.325 e. The van der Waals surface area contributed by atoms with Crippen LogP contribution < -0.4 is 5.32 Å². The van der Waals surface area contributed by atoms with Gasteiger partial charge in [-0.05, 0) is 76.1 Å². The van der Waals surface area contributed by atoms with Crippen LogP contribution in [-0.2, 0) is 16.0 Å². The van der Waals surface area contributed by atoms with Gasteiger partial charge >= 0.3 is 5.97 Å². The van der Waals surface area contributed by atoms with Gasteiger partial charge in [0, 0.05) is 47.9 Å².